The second kappa shape index (κ2) is 7.50. The highest BCUT2D eigenvalue weighted by Crippen LogP contribution is 2.11. The first kappa shape index (κ1) is 14.4. The largest absolute Gasteiger partial charge is 0.314 e. The van der Waals surface area contributed by atoms with Crippen LogP contribution in [0.4, 0.5) is 0 Å². The second-order valence-corrected chi connectivity index (χ2v) is 5.62. The number of piperazine rings is 1. The van der Waals surface area contributed by atoms with Crippen molar-refractivity contribution in [1.82, 2.24) is 20.5 Å². The van der Waals surface area contributed by atoms with Crippen LogP contribution in [0.3, 0.4) is 0 Å². The minimum absolute atomic E-state index is 0.854. The predicted octanol–water partition coefficient (Wildman–Crippen LogP) is 1.62. The molecule has 3 rings (SSSR count). The molecule has 0 saturated carbocycles. The fraction of sp³-hybridized carbons (Fsp3) is 0.471. The second-order valence-electron chi connectivity index (χ2n) is 5.62. The number of pyridine rings is 1. The number of hydrogen-bond acceptors (Lipinski definition) is 4. The van der Waals surface area contributed by atoms with Crippen molar-refractivity contribution >= 4 is 10.9 Å². The van der Waals surface area contributed by atoms with Crippen molar-refractivity contribution in [3.63, 3.8) is 0 Å². The van der Waals surface area contributed by atoms with E-state index in [1.54, 1.807) is 0 Å². The van der Waals surface area contributed by atoms with E-state index in [4.69, 9.17) is 0 Å². The smallest absolute Gasteiger partial charge is 0.0705 e. The van der Waals surface area contributed by atoms with Crippen molar-refractivity contribution < 1.29 is 0 Å². The molecule has 1 aromatic heterocycles. The Balaban J connectivity index is 1.39. The standard InChI is InChI=1S/C17H24N4/c1-2-5-17-15(4-1)6-7-16(20-17)14-19-8-3-11-21-12-9-18-10-13-21/h1-2,4-7,18-19H,3,8-14H2. The summed E-state index contributed by atoms with van der Waals surface area (Å²) < 4.78 is 0. The first-order valence-electron chi connectivity index (χ1n) is 7.90. The maximum absolute atomic E-state index is 4.68. The van der Waals surface area contributed by atoms with Gasteiger partial charge in [0.15, 0.2) is 0 Å². The number of nitrogens with zero attached hydrogens (tertiary/aromatic N) is 2. The molecule has 2 heterocycles. The van der Waals surface area contributed by atoms with Gasteiger partial charge in [0, 0.05) is 38.1 Å². The highest BCUT2D eigenvalue weighted by atomic mass is 15.2. The molecule has 0 bridgehead atoms. The molecule has 0 spiro atoms. The van der Waals surface area contributed by atoms with E-state index in [-0.39, 0.29) is 0 Å². The van der Waals surface area contributed by atoms with Crippen molar-refractivity contribution in [3.8, 4) is 0 Å². The van der Waals surface area contributed by atoms with Crippen molar-refractivity contribution in [1.29, 1.82) is 0 Å². The summed E-state index contributed by atoms with van der Waals surface area (Å²) in [6, 6.07) is 12.5. The molecule has 0 amide bonds. The van der Waals surface area contributed by atoms with E-state index in [9.17, 15) is 0 Å². The monoisotopic (exact) mass is 284 g/mol. The van der Waals surface area contributed by atoms with Gasteiger partial charge in [-0.05, 0) is 31.6 Å². The summed E-state index contributed by atoms with van der Waals surface area (Å²) in [5.41, 5.74) is 2.20. The zero-order valence-electron chi connectivity index (χ0n) is 12.5. The average Bonchev–Trinajstić information content (AvgIpc) is 2.55. The van der Waals surface area contributed by atoms with Crippen LogP contribution in [0.15, 0.2) is 36.4 Å². The third-order valence-corrected chi connectivity index (χ3v) is 4.00. The first-order chi connectivity index (χ1) is 10.4. The van der Waals surface area contributed by atoms with E-state index in [1.165, 1.54) is 31.4 Å². The van der Waals surface area contributed by atoms with Crippen LogP contribution >= 0.6 is 0 Å². The number of nitrogens with one attached hydrogen (secondary N) is 2. The molecule has 0 radical (unpaired) electrons. The van der Waals surface area contributed by atoms with Crippen molar-refractivity contribution in [2.75, 3.05) is 39.3 Å². The normalized spacial score (nSPS) is 16.4. The molecule has 0 atom stereocenters. The molecule has 1 aromatic carbocycles. The van der Waals surface area contributed by atoms with Crippen LogP contribution in [0.25, 0.3) is 10.9 Å². The summed E-state index contributed by atoms with van der Waals surface area (Å²) in [7, 11) is 0. The van der Waals surface area contributed by atoms with E-state index in [0.29, 0.717) is 0 Å². The summed E-state index contributed by atoms with van der Waals surface area (Å²) in [5, 5.41) is 8.10. The van der Waals surface area contributed by atoms with Crippen LogP contribution in [0, 0.1) is 0 Å². The topological polar surface area (TPSA) is 40.2 Å². The van der Waals surface area contributed by atoms with Gasteiger partial charge in [0.25, 0.3) is 0 Å². The van der Waals surface area contributed by atoms with Crippen molar-refractivity contribution in [2.24, 2.45) is 0 Å². The Labute approximate surface area is 126 Å². The van der Waals surface area contributed by atoms with Gasteiger partial charge in [0.05, 0.1) is 11.2 Å². The molecule has 4 nitrogen and oxygen atoms in total. The maximum Gasteiger partial charge on any atom is 0.0705 e. The molecular formula is C17H24N4. The molecule has 2 N–H and O–H groups in total. The lowest BCUT2D eigenvalue weighted by molar-refractivity contribution is 0.237. The average molecular weight is 284 g/mol. The quantitative estimate of drug-likeness (QED) is 0.791. The van der Waals surface area contributed by atoms with Gasteiger partial charge in [-0.2, -0.15) is 0 Å². The van der Waals surface area contributed by atoms with Crippen LogP contribution in [-0.2, 0) is 6.54 Å². The van der Waals surface area contributed by atoms with Crippen LogP contribution in [0.1, 0.15) is 12.1 Å². The van der Waals surface area contributed by atoms with E-state index in [0.717, 1.165) is 37.4 Å². The van der Waals surface area contributed by atoms with Crippen molar-refractivity contribution in [3.05, 3.63) is 42.1 Å². The predicted molar refractivity (Wildman–Crippen MR) is 87.4 cm³/mol. The number of para-hydroxylation sites is 1. The highest BCUT2D eigenvalue weighted by Gasteiger charge is 2.07. The van der Waals surface area contributed by atoms with Gasteiger partial charge in [0.2, 0.25) is 0 Å². The van der Waals surface area contributed by atoms with Crippen LogP contribution in [-0.4, -0.2) is 49.2 Å². The van der Waals surface area contributed by atoms with Gasteiger partial charge in [-0.15, -0.1) is 0 Å². The number of fused-ring (bicyclic) bond motifs is 1. The number of rotatable bonds is 6. The lowest BCUT2D eigenvalue weighted by Crippen LogP contribution is -2.44. The van der Waals surface area contributed by atoms with Crippen molar-refractivity contribution in [2.45, 2.75) is 13.0 Å². The van der Waals surface area contributed by atoms with Crippen LogP contribution in [0.2, 0.25) is 0 Å². The summed E-state index contributed by atoms with van der Waals surface area (Å²) in [6.07, 6.45) is 1.20. The van der Waals surface area contributed by atoms with E-state index >= 15 is 0 Å². The third kappa shape index (κ3) is 4.24. The molecule has 1 fully saturated rings. The third-order valence-electron chi connectivity index (χ3n) is 4.00. The van der Waals surface area contributed by atoms with E-state index in [1.807, 2.05) is 6.07 Å². The van der Waals surface area contributed by atoms with Gasteiger partial charge in [0.1, 0.15) is 0 Å². The first-order valence-corrected chi connectivity index (χ1v) is 7.90. The number of hydrogen-bond donors (Lipinski definition) is 2. The lowest BCUT2D eigenvalue weighted by Gasteiger charge is -2.27. The molecule has 1 saturated heterocycles. The molecule has 2 aromatic rings. The van der Waals surface area contributed by atoms with Crippen LogP contribution in [0.5, 0.6) is 0 Å². The molecule has 0 aliphatic carbocycles. The number of aromatic nitrogens is 1. The molecule has 1 aliphatic rings. The van der Waals surface area contributed by atoms with Gasteiger partial charge in [-0.1, -0.05) is 24.3 Å². The fourth-order valence-corrected chi connectivity index (χ4v) is 2.79. The van der Waals surface area contributed by atoms with Gasteiger partial charge in [-0.25, -0.2) is 0 Å². The Morgan fingerprint density at radius 3 is 2.86 bits per heavy atom. The molecule has 4 heteroatoms. The highest BCUT2D eigenvalue weighted by molar-refractivity contribution is 5.78. The number of benzene rings is 1. The Hall–Kier alpha value is -1.49. The zero-order valence-corrected chi connectivity index (χ0v) is 12.5. The maximum atomic E-state index is 4.68. The SMILES string of the molecule is c1ccc2nc(CNCCCN3CCNCC3)ccc2c1. The molecule has 112 valence electrons. The minimum atomic E-state index is 0.854. The summed E-state index contributed by atoms with van der Waals surface area (Å²) >= 11 is 0. The molecule has 0 unspecified atom stereocenters. The molecule has 21 heavy (non-hydrogen) atoms. The van der Waals surface area contributed by atoms with Gasteiger partial charge < -0.3 is 15.5 Å². The van der Waals surface area contributed by atoms with E-state index < -0.39 is 0 Å². The Morgan fingerprint density at radius 1 is 1.10 bits per heavy atom. The van der Waals surface area contributed by atoms with Crippen LogP contribution < -0.4 is 10.6 Å². The Morgan fingerprint density at radius 2 is 1.95 bits per heavy atom. The summed E-state index contributed by atoms with van der Waals surface area (Å²) in [6.45, 7) is 7.74. The van der Waals surface area contributed by atoms with Gasteiger partial charge >= 0.3 is 0 Å². The summed E-state index contributed by atoms with van der Waals surface area (Å²) in [4.78, 5) is 7.22. The summed E-state index contributed by atoms with van der Waals surface area (Å²) in [5.74, 6) is 0. The lowest BCUT2D eigenvalue weighted by atomic mass is 10.2. The fourth-order valence-electron chi connectivity index (χ4n) is 2.79. The van der Waals surface area contributed by atoms with Gasteiger partial charge in [-0.3, -0.25) is 4.98 Å². The van der Waals surface area contributed by atoms with E-state index in [2.05, 4.69) is 50.8 Å². The Kier molecular flexibility index (Phi) is 5.16. The molecular weight excluding hydrogens is 260 g/mol. The zero-order chi connectivity index (χ0) is 14.3. The Bertz CT molecular complexity index is 563. The molecule has 1 aliphatic heterocycles. The minimum Gasteiger partial charge on any atom is -0.314 e.